The molecule has 0 bridgehead atoms. The number of hydrogen-bond acceptors (Lipinski definition) is 6. The number of piperazine rings is 1. The van der Waals surface area contributed by atoms with Gasteiger partial charge in [-0.2, -0.15) is 0 Å². The molecule has 1 amide bonds. The molecule has 2 aromatic rings. The highest BCUT2D eigenvalue weighted by molar-refractivity contribution is 9.10. The van der Waals surface area contributed by atoms with Crippen LogP contribution in [0.25, 0.3) is 0 Å². The van der Waals surface area contributed by atoms with Gasteiger partial charge in [-0.15, -0.1) is 0 Å². The van der Waals surface area contributed by atoms with Crippen molar-refractivity contribution in [1.29, 1.82) is 0 Å². The summed E-state index contributed by atoms with van der Waals surface area (Å²) in [4.78, 5) is 39.0. The molecule has 3 heterocycles. The molecule has 2 aliphatic heterocycles. The highest BCUT2D eigenvalue weighted by Crippen LogP contribution is 2.34. The highest BCUT2D eigenvalue weighted by Gasteiger charge is 2.38. The van der Waals surface area contributed by atoms with Gasteiger partial charge in [0.25, 0.3) is 5.78 Å². The number of halogens is 1. The van der Waals surface area contributed by atoms with E-state index in [1.807, 2.05) is 12.1 Å². The Morgan fingerprint density at radius 1 is 1.00 bits per heavy atom. The van der Waals surface area contributed by atoms with Gasteiger partial charge in [-0.25, -0.2) is 9.97 Å². The maximum absolute atomic E-state index is 12.4. The molecular weight excluding hydrogens is 386 g/mol. The number of Topliss-reactive ketones (excluding diaryl/α,β-unsaturated/α-hetero) is 1. The van der Waals surface area contributed by atoms with E-state index in [1.54, 1.807) is 29.4 Å². The van der Waals surface area contributed by atoms with Gasteiger partial charge in [-0.05, 0) is 34.1 Å². The van der Waals surface area contributed by atoms with Crippen molar-refractivity contribution in [1.82, 2.24) is 14.9 Å². The van der Waals surface area contributed by atoms with Crippen molar-refractivity contribution >= 4 is 39.3 Å². The highest BCUT2D eigenvalue weighted by atomic mass is 79.9. The standard InChI is InChI=1S/C17H16BrN5O2/c18-12-3-1-4-13-14(12)15(24)16(25)23(13)11-21-7-9-22(10-8-21)17-19-5-2-6-20-17/h1-6H,7-11H2. The summed E-state index contributed by atoms with van der Waals surface area (Å²) in [5.74, 6) is -0.182. The first kappa shape index (κ1) is 16.2. The monoisotopic (exact) mass is 401 g/mol. The smallest absolute Gasteiger partial charge is 0.300 e. The molecule has 0 saturated carbocycles. The van der Waals surface area contributed by atoms with E-state index < -0.39 is 11.7 Å². The number of carbonyl (C=O) groups is 2. The molecule has 0 spiro atoms. The van der Waals surface area contributed by atoms with Gasteiger partial charge in [-0.1, -0.05) is 6.07 Å². The van der Waals surface area contributed by atoms with Crippen LogP contribution in [-0.2, 0) is 4.79 Å². The first-order chi connectivity index (χ1) is 12.1. The van der Waals surface area contributed by atoms with E-state index >= 15 is 0 Å². The Balaban J connectivity index is 1.45. The van der Waals surface area contributed by atoms with E-state index in [1.165, 1.54) is 0 Å². The Hall–Kier alpha value is -2.32. The second-order valence-electron chi connectivity index (χ2n) is 5.99. The van der Waals surface area contributed by atoms with Gasteiger partial charge in [-0.3, -0.25) is 19.4 Å². The predicted octanol–water partition coefficient (Wildman–Crippen LogP) is 1.55. The third kappa shape index (κ3) is 2.91. The minimum Gasteiger partial charge on any atom is -0.338 e. The average Bonchev–Trinajstić information content (AvgIpc) is 2.89. The molecule has 25 heavy (non-hydrogen) atoms. The van der Waals surface area contributed by atoms with E-state index in [0.29, 0.717) is 22.4 Å². The minimum absolute atomic E-state index is 0.414. The van der Waals surface area contributed by atoms with Crippen LogP contribution in [0.5, 0.6) is 0 Å². The second kappa shape index (κ2) is 6.53. The van der Waals surface area contributed by atoms with Crippen LogP contribution >= 0.6 is 15.9 Å². The quantitative estimate of drug-likeness (QED) is 0.726. The number of amides is 1. The second-order valence-corrected chi connectivity index (χ2v) is 6.85. The van der Waals surface area contributed by atoms with Crippen molar-refractivity contribution < 1.29 is 9.59 Å². The number of aromatic nitrogens is 2. The predicted molar refractivity (Wildman–Crippen MR) is 96.6 cm³/mol. The lowest BCUT2D eigenvalue weighted by Gasteiger charge is -2.36. The number of rotatable bonds is 3. The number of anilines is 2. The van der Waals surface area contributed by atoms with Crippen LogP contribution in [0.3, 0.4) is 0 Å². The normalized spacial score (nSPS) is 18.0. The molecule has 128 valence electrons. The summed E-state index contributed by atoms with van der Waals surface area (Å²) < 4.78 is 0.664. The van der Waals surface area contributed by atoms with E-state index in [-0.39, 0.29) is 0 Å². The molecule has 0 radical (unpaired) electrons. The van der Waals surface area contributed by atoms with Gasteiger partial charge < -0.3 is 4.90 Å². The third-order valence-electron chi connectivity index (χ3n) is 4.50. The molecule has 0 unspecified atom stereocenters. The summed E-state index contributed by atoms with van der Waals surface area (Å²) >= 11 is 3.37. The summed E-state index contributed by atoms with van der Waals surface area (Å²) in [6.45, 7) is 3.54. The molecule has 0 aliphatic carbocycles. The fraction of sp³-hybridized carbons (Fsp3) is 0.294. The maximum atomic E-state index is 12.4. The largest absolute Gasteiger partial charge is 0.338 e. The van der Waals surface area contributed by atoms with Crippen molar-refractivity contribution in [2.75, 3.05) is 42.6 Å². The Labute approximate surface area is 153 Å². The molecule has 7 nitrogen and oxygen atoms in total. The molecule has 1 saturated heterocycles. The van der Waals surface area contributed by atoms with E-state index in [4.69, 9.17) is 0 Å². The Kier molecular flexibility index (Phi) is 4.22. The minimum atomic E-state index is -0.462. The zero-order valence-corrected chi connectivity index (χ0v) is 15.0. The number of fused-ring (bicyclic) bond motifs is 1. The van der Waals surface area contributed by atoms with Crippen LogP contribution in [0, 0.1) is 0 Å². The van der Waals surface area contributed by atoms with Crippen molar-refractivity contribution in [2.24, 2.45) is 0 Å². The van der Waals surface area contributed by atoms with Gasteiger partial charge in [0, 0.05) is 43.0 Å². The van der Waals surface area contributed by atoms with Crippen LogP contribution < -0.4 is 9.80 Å². The third-order valence-corrected chi connectivity index (χ3v) is 5.16. The molecule has 0 N–H and O–H groups in total. The van der Waals surface area contributed by atoms with Gasteiger partial charge in [0.15, 0.2) is 0 Å². The summed E-state index contributed by atoms with van der Waals surface area (Å²) in [6, 6.07) is 7.24. The summed E-state index contributed by atoms with van der Waals surface area (Å²) in [7, 11) is 0. The van der Waals surface area contributed by atoms with Crippen molar-refractivity contribution in [3.05, 3.63) is 46.7 Å². The lowest BCUT2D eigenvalue weighted by atomic mass is 10.1. The van der Waals surface area contributed by atoms with Crippen LogP contribution in [0.15, 0.2) is 41.1 Å². The zero-order valence-electron chi connectivity index (χ0n) is 13.4. The fourth-order valence-corrected chi connectivity index (χ4v) is 3.72. The topological polar surface area (TPSA) is 69.6 Å². The molecular formula is C17H16BrN5O2. The van der Waals surface area contributed by atoms with Gasteiger partial charge in [0.1, 0.15) is 0 Å². The van der Waals surface area contributed by atoms with Crippen LogP contribution in [0.4, 0.5) is 11.6 Å². The fourth-order valence-electron chi connectivity index (χ4n) is 3.19. The summed E-state index contributed by atoms with van der Waals surface area (Å²) in [5, 5.41) is 0. The van der Waals surface area contributed by atoms with E-state index in [9.17, 15) is 9.59 Å². The first-order valence-electron chi connectivity index (χ1n) is 8.04. The van der Waals surface area contributed by atoms with E-state index in [2.05, 4.69) is 35.7 Å². The number of nitrogens with zero attached hydrogens (tertiary/aromatic N) is 5. The maximum Gasteiger partial charge on any atom is 0.300 e. The lowest BCUT2D eigenvalue weighted by molar-refractivity contribution is -0.114. The van der Waals surface area contributed by atoms with Crippen LogP contribution in [0.2, 0.25) is 0 Å². The molecule has 4 rings (SSSR count). The molecule has 1 fully saturated rings. The summed E-state index contributed by atoms with van der Waals surface area (Å²) in [5.41, 5.74) is 1.14. The first-order valence-corrected chi connectivity index (χ1v) is 8.83. The molecule has 2 aliphatic rings. The molecule has 1 aromatic heterocycles. The number of carbonyl (C=O) groups excluding carboxylic acids is 2. The zero-order chi connectivity index (χ0) is 17.4. The van der Waals surface area contributed by atoms with Gasteiger partial charge >= 0.3 is 5.91 Å². The Morgan fingerprint density at radius 3 is 2.44 bits per heavy atom. The SMILES string of the molecule is O=C1C(=O)N(CN2CCN(c3ncccn3)CC2)c2cccc(Br)c21. The lowest BCUT2D eigenvalue weighted by Crippen LogP contribution is -2.51. The van der Waals surface area contributed by atoms with Gasteiger partial charge in [0.2, 0.25) is 5.95 Å². The number of ketones is 1. The van der Waals surface area contributed by atoms with Crippen molar-refractivity contribution in [2.45, 2.75) is 0 Å². The molecule has 8 heteroatoms. The molecule has 1 aromatic carbocycles. The number of benzene rings is 1. The van der Waals surface area contributed by atoms with Crippen molar-refractivity contribution in [3.8, 4) is 0 Å². The summed E-state index contributed by atoms with van der Waals surface area (Å²) in [6.07, 6.45) is 3.47. The van der Waals surface area contributed by atoms with E-state index in [0.717, 1.165) is 32.1 Å². The Bertz CT molecular complexity index is 821. The van der Waals surface area contributed by atoms with Gasteiger partial charge in [0.05, 0.1) is 17.9 Å². The van der Waals surface area contributed by atoms with Crippen molar-refractivity contribution in [3.63, 3.8) is 0 Å². The Morgan fingerprint density at radius 2 is 1.72 bits per heavy atom. The van der Waals surface area contributed by atoms with Crippen LogP contribution in [-0.4, -0.2) is 59.4 Å². The number of hydrogen-bond donors (Lipinski definition) is 0. The average molecular weight is 402 g/mol. The van der Waals surface area contributed by atoms with Crippen LogP contribution in [0.1, 0.15) is 10.4 Å². The molecule has 0 atom stereocenters.